The van der Waals surface area contributed by atoms with E-state index in [1.165, 1.54) is 44.3 Å². The Bertz CT molecular complexity index is 852. The van der Waals surface area contributed by atoms with E-state index in [4.69, 9.17) is 23.2 Å². The third-order valence-electron chi connectivity index (χ3n) is 2.96. The molecular weight excluding hydrogens is 427 g/mol. The van der Waals surface area contributed by atoms with Crippen molar-refractivity contribution in [1.29, 1.82) is 0 Å². The molecule has 0 bridgehead atoms. The normalized spacial score (nSPS) is 12.3. The molecule has 9 heteroatoms. The van der Waals surface area contributed by atoms with Crippen molar-refractivity contribution >= 4 is 54.8 Å². The van der Waals surface area contributed by atoms with Gasteiger partial charge in [-0.1, -0.05) is 23.2 Å². The summed E-state index contributed by atoms with van der Waals surface area (Å²) in [6.45, 7) is 3.05. The Morgan fingerprint density at radius 1 is 1.26 bits per heavy atom. The van der Waals surface area contributed by atoms with Crippen LogP contribution in [0.25, 0.3) is 0 Å². The minimum atomic E-state index is -3.90. The van der Waals surface area contributed by atoms with Crippen molar-refractivity contribution in [3.05, 3.63) is 50.7 Å². The monoisotopic (exact) mass is 438 g/mol. The fourth-order valence-electron chi connectivity index (χ4n) is 1.84. The lowest BCUT2D eigenvalue weighted by Gasteiger charge is -2.20. The molecule has 23 heavy (non-hydrogen) atoms. The van der Waals surface area contributed by atoms with Crippen molar-refractivity contribution in [3.8, 4) is 0 Å². The van der Waals surface area contributed by atoms with Crippen molar-refractivity contribution in [1.82, 2.24) is 4.98 Å². The van der Waals surface area contributed by atoms with Crippen molar-refractivity contribution in [2.24, 2.45) is 0 Å². The van der Waals surface area contributed by atoms with Gasteiger partial charge >= 0.3 is 0 Å². The first-order valence-electron chi connectivity index (χ1n) is 6.37. The second kappa shape index (κ2) is 6.57. The molecule has 2 N–H and O–H groups in total. The van der Waals surface area contributed by atoms with Crippen LogP contribution in [-0.4, -0.2) is 18.5 Å². The van der Waals surface area contributed by atoms with Gasteiger partial charge in [0.25, 0.3) is 10.0 Å². The van der Waals surface area contributed by atoms with Gasteiger partial charge in [-0.25, -0.2) is 13.4 Å². The van der Waals surface area contributed by atoms with Crippen LogP contribution in [-0.2, 0) is 15.6 Å². The standard InChI is InChI=1S/C14H13BrCl2N2O3S/c1-14(2,20)10-6-9(3-4-11(10)17)23(21,22)19-12-5-8(16)7-18-13(12)15/h3-7,19-20H,1-2H3. The van der Waals surface area contributed by atoms with E-state index in [1.54, 1.807) is 0 Å². The molecular formula is C14H13BrCl2N2O3S. The summed E-state index contributed by atoms with van der Waals surface area (Å²) in [5, 5.41) is 10.7. The van der Waals surface area contributed by atoms with Crippen molar-refractivity contribution in [2.45, 2.75) is 24.3 Å². The molecule has 124 valence electrons. The highest BCUT2D eigenvalue weighted by Crippen LogP contribution is 2.31. The van der Waals surface area contributed by atoms with Gasteiger partial charge < -0.3 is 5.11 Å². The summed E-state index contributed by atoms with van der Waals surface area (Å²) in [6.07, 6.45) is 1.39. The molecule has 0 aliphatic rings. The van der Waals surface area contributed by atoms with Gasteiger partial charge in [0.15, 0.2) is 0 Å². The van der Waals surface area contributed by atoms with Crippen LogP contribution in [0.5, 0.6) is 0 Å². The number of pyridine rings is 1. The summed E-state index contributed by atoms with van der Waals surface area (Å²) in [5.74, 6) is 0. The van der Waals surface area contributed by atoms with Crippen molar-refractivity contribution in [2.75, 3.05) is 4.72 Å². The summed E-state index contributed by atoms with van der Waals surface area (Å²) < 4.78 is 27.8. The number of nitrogens with zero attached hydrogens (tertiary/aromatic N) is 1. The quantitative estimate of drug-likeness (QED) is 0.700. The third-order valence-corrected chi connectivity index (χ3v) is 5.49. The molecule has 5 nitrogen and oxygen atoms in total. The lowest BCUT2D eigenvalue weighted by molar-refractivity contribution is 0.0785. The molecule has 0 fully saturated rings. The first-order valence-corrected chi connectivity index (χ1v) is 9.40. The van der Waals surface area contributed by atoms with Gasteiger partial charge in [0, 0.05) is 16.8 Å². The molecule has 0 radical (unpaired) electrons. The van der Waals surface area contributed by atoms with Crippen LogP contribution in [0.15, 0.2) is 40.0 Å². The smallest absolute Gasteiger partial charge is 0.261 e. The Morgan fingerprint density at radius 3 is 2.52 bits per heavy atom. The average molecular weight is 440 g/mol. The summed E-state index contributed by atoms with van der Waals surface area (Å²) in [6, 6.07) is 5.54. The molecule has 1 aromatic heterocycles. The number of rotatable bonds is 4. The van der Waals surface area contributed by atoms with E-state index in [0.717, 1.165) is 0 Å². The second-order valence-electron chi connectivity index (χ2n) is 5.30. The second-order valence-corrected chi connectivity index (χ2v) is 8.58. The van der Waals surface area contributed by atoms with E-state index in [0.29, 0.717) is 15.2 Å². The summed E-state index contributed by atoms with van der Waals surface area (Å²) in [7, 11) is -3.90. The van der Waals surface area contributed by atoms with E-state index in [-0.39, 0.29) is 15.6 Å². The number of hydrogen-bond donors (Lipinski definition) is 2. The molecule has 0 aliphatic carbocycles. The SMILES string of the molecule is CC(C)(O)c1cc(S(=O)(=O)Nc2cc(Cl)cnc2Br)ccc1Cl. The fraction of sp³-hybridized carbons (Fsp3) is 0.214. The highest BCUT2D eigenvalue weighted by atomic mass is 79.9. The molecule has 0 unspecified atom stereocenters. The molecule has 0 spiro atoms. The number of nitrogens with one attached hydrogen (secondary N) is 1. The fourth-order valence-corrected chi connectivity index (χ4v) is 3.88. The lowest BCUT2D eigenvalue weighted by atomic mass is 9.99. The molecule has 2 rings (SSSR count). The summed E-state index contributed by atoms with van der Waals surface area (Å²) in [4.78, 5) is 3.89. The van der Waals surface area contributed by atoms with Crippen molar-refractivity contribution < 1.29 is 13.5 Å². The number of sulfonamides is 1. The highest BCUT2D eigenvalue weighted by molar-refractivity contribution is 9.10. The minimum absolute atomic E-state index is 0.0362. The number of benzene rings is 1. The molecule has 2 aromatic rings. The van der Waals surface area contributed by atoms with E-state index in [1.807, 2.05) is 0 Å². The lowest BCUT2D eigenvalue weighted by Crippen LogP contribution is -2.19. The average Bonchev–Trinajstić information content (AvgIpc) is 2.41. The maximum absolute atomic E-state index is 12.5. The first-order chi connectivity index (χ1) is 10.5. The van der Waals surface area contributed by atoms with E-state index in [2.05, 4.69) is 25.6 Å². The van der Waals surface area contributed by atoms with Crippen LogP contribution < -0.4 is 4.72 Å². The Hall–Kier alpha value is -0.860. The van der Waals surface area contributed by atoms with Gasteiger partial charge in [0.2, 0.25) is 0 Å². The zero-order chi connectivity index (χ0) is 17.4. The molecule has 0 amide bonds. The first kappa shape index (κ1) is 18.5. The number of aromatic nitrogens is 1. The summed E-state index contributed by atoms with van der Waals surface area (Å²) >= 11 is 15.0. The van der Waals surface area contributed by atoms with Crippen LogP contribution >= 0.6 is 39.1 Å². The van der Waals surface area contributed by atoms with Crippen LogP contribution in [0.3, 0.4) is 0 Å². The van der Waals surface area contributed by atoms with Gasteiger partial charge in [-0.2, -0.15) is 0 Å². The number of anilines is 1. The Kier molecular flexibility index (Phi) is 5.27. The highest BCUT2D eigenvalue weighted by Gasteiger charge is 2.24. The third kappa shape index (κ3) is 4.36. The predicted octanol–water partition coefficient (Wildman–Crippen LogP) is 4.18. The molecule has 0 saturated heterocycles. The number of aliphatic hydroxyl groups is 1. The maximum Gasteiger partial charge on any atom is 0.261 e. The van der Waals surface area contributed by atoms with Gasteiger partial charge in [0.1, 0.15) is 4.60 Å². The molecule has 0 aliphatic heterocycles. The Labute approximate surface area is 152 Å². The van der Waals surface area contributed by atoms with Crippen LogP contribution in [0.1, 0.15) is 19.4 Å². The number of hydrogen-bond acceptors (Lipinski definition) is 4. The van der Waals surface area contributed by atoms with Gasteiger partial charge in [-0.05, 0) is 54.0 Å². The molecule has 1 heterocycles. The molecule has 1 aromatic carbocycles. The van der Waals surface area contributed by atoms with E-state index in [9.17, 15) is 13.5 Å². The van der Waals surface area contributed by atoms with Crippen LogP contribution in [0.2, 0.25) is 10.0 Å². The van der Waals surface area contributed by atoms with E-state index >= 15 is 0 Å². The van der Waals surface area contributed by atoms with Gasteiger partial charge in [-0.15, -0.1) is 0 Å². The molecule has 0 atom stereocenters. The largest absolute Gasteiger partial charge is 0.386 e. The molecule has 0 saturated carbocycles. The zero-order valence-corrected chi connectivity index (χ0v) is 16.1. The van der Waals surface area contributed by atoms with Crippen LogP contribution in [0, 0.1) is 0 Å². The van der Waals surface area contributed by atoms with Crippen molar-refractivity contribution in [3.63, 3.8) is 0 Å². The summed E-state index contributed by atoms with van der Waals surface area (Å²) in [5.41, 5.74) is -0.761. The topological polar surface area (TPSA) is 79.3 Å². The van der Waals surface area contributed by atoms with E-state index < -0.39 is 15.6 Å². The number of halogens is 3. The Morgan fingerprint density at radius 2 is 1.91 bits per heavy atom. The minimum Gasteiger partial charge on any atom is -0.386 e. The predicted molar refractivity (Wildman–Crippen MR) is 94.5 cm³/mol. The Balaban J connectivity index is 2.46. The van der Waals surface area contributed by atoms with Crippen LogP contribution in [0.4, 0.5) is 5.69 Å². The zero-order valence-electron chi connectivity index (χ0n) is 12.1. The maximum atomic E-state index is 12.5. The van der Waals surface area contributed by atoms with Gasteiger partial charge in [0.05, 0.1) is 21.2 Å². The van der Waals surface area contributed by atoms with Gasteiger partial charge in [-0.3, -0.25) is 4.72 Å².